The quantitative estimate of drug-likeness (QED) is 0.541. The number of nitrogens with zero attached hydrogens (tertiary/aromatic N) is 2. The van der Waals surface area contributed by atoms with Crippen molar-refractivity contribution in [3.63, 3.8) is 0 Å². The number of amides is 4. The van der Waals surface area contributed by atoms with Gasteiger partial charge in [0.25, 0.3) is 5.91 Å². The van der Waals surface area contributed by atoms with Crippen LogP contribution >= 0.6 is 0 Å². The highest BCUT2D eigenvalue weighted by molar-refractivity contribution is 6.05. The van der Waals surface area contributed by atoms with Crippen LogP contribution in [0.25, 0.3) is 0 Å². The molecule has 1 unspecified atom stereocenters. The van der Waals surface area contributed by atoms with Crippen molar-refractivity contribution < 1.29 is 33.4 Å². The molecule has 2 fully saturated rings. The molecule has 2 N–H and O–H groups in total. The predicted octanol–water partition coefficient (Wildman–Crippen LogP) is 1.83. The first-order valence-electron chi connectivity index (χ1n) is 12.3. The average Bonchev–Trinajstić information content (AvgIpc) is 3.23. The number of fused-ring (bicyclic) bond motifs is 1. The summed E-state index contributed by atoms with van der Waals surface area (Å²) in [6.45, 7) is 1.92. The zero-order valence-electron chi connectivity index (χ0n) is 20.2. The van der Waals surface area contributed by atoms with Crippen molar-refractivity contribution in [2.45, 2.75) is 57.5 Å². The second-order valence-electron chi connectivity index (χ2n) is 9.26. The van der Waals surface area contributed by atoms with Crippen molar-refractivity contribution >= 4 is 23.8 Å². The van der Waals surface area contributed by atoms with Crippen LogP contribution in [-0.4, -0.2) is 59.1 Å². The Morgan fingerprint density at radius 3 is 2.68 bits per heavy atom. The fourth-order valence-electron chi connectivity index (χ4n) is 4.62. The van der Waals surface area contributed by atoms with E-state index < -0.39 is 18.0 Å². The van der Waals surface area contributed by atoms with E-state index in [4.69, 9.17) is 14.2 Å². The van der Waals surface area contributed by atoms with Crippen LogP contribution in [0.15, 0.2) is 36.5 Å². The molecule has 0 aliphatic carbocycles. The molecule has 194 valence electrons. The van der Waals surface area contributed by atoms with Gasteiger partial charge in [-0.1, -0.05) is 12.1 Å². The number of pyridine rings is 1. The van der Waals surface area contributed by atoms with Crippen LogP contribution in [-0.2, 0) is 38.8 Å². The molecule has 0 bridgehead atoms. The molecule has 4 heterocycles. The van der Waals surface area contributed by atoms with Crippen LogP contribution < -0.4 is 15.4 Å². The molecule has 11 heteroatoms. The lowest BCUT2D eigenvalue weighted by Gasteiger charge is -2.29. The first-order chi connectivity index (χ1) is 18.0. The van der Waals surface area contributed by atoms with E-state index in [1.165, 1.54) is 4.90 Å². The second-order valence-corrected chi connectivity index (χ2v) is 9.26. The number of carbonyl (C=O) groups is 4. The number of nitrogens with one attached hydrogen (secondary N) is 2. The van der Waals surface area contributed by atoms with E-state index in [-0.39, 0.29) is 37.5 Å². The van der Waals surface area contributed by atoms with Crippen LogP contribution in [0.2, 0.25) is 0 Å². The summed E-state index contributed by atoms with van der Waals surface area (Å²) in [6.07, 6.45) is 3.31. The molecule has 0 spiro atoms. The van der Waals surface area contributed by atoms with Gasteiger partial charge in [-0.05, 0) is 29.7 Å². The molecule has 11 nitrogen and oxygen atoms in total. The minimum atomic E-state index is -0.661. The maximum atomic E-state index is 12.9. The summed E-state index contributed by atoms with van der Waals surface area (Å²) in [6, 6.07) is 8.25. The number of imide groups is 1. The van der Waals surface area contributed by atoms with Crippen molar-refractivity contribution in [1.29, 1.82) is 0 Å². The smallest absolute Gasteiger partial charge is 0.407 e. The molecule has 2 saturated heterocycles. The largest absolute Gasteiger partial charge is 0.474 e. The summed E-state index contributed by atoms with van der Waals surface area (Å²) in [7, 11) is 0. The molecule has 0 radical (unpaired) electrons. The number of hydrogen-bond donors (Lipinski definition) is 2. The van der Waals surface area contributed by atoms with E-state index in [1.807, 2.05) is 12.1 Å². The summed E-state index contributed by atoms with van der Waals surface area (Å²) in [5.41, 5.74) is 2.75. The fourth-order valence-corrected chi connectivity index (χ4v) is 4.62. The highest BCUT2D eigenvalue weighted by atomic mass is 16.5. The predicted molar refractivity (Wildman–Crippen MR) is 128 cm³/mol. The Balaban J connectivity index is 1.09. The van der Waals surface area contributed by atoms with Gasteiger partial charge >= 0.3 is 6.09 Å². The standard InChI is InChI=1S/C26H28N4O7/c31-22-5-4-21(24(32)29-22)30-14-18-3-1-16(11-20(18)25(30)33)12-28-26(34)36-15-17-2-6-23(27-13-17)37-19-7-9-35-10-8-19/h1-3,6,11,13,19,21H,4-5,7-10,12,14-15H2,(H,28,34)(H,29,31,32). The van der Waals surface area contributed by atoms with Gasteiger partial charge < -0.3 is 24.4 Å². The lowest BCUT2D eigenvalue weighted by Crippen LogP contribution is -2.52. The molecule has 5 rings (SSSR count). The Labute approximate surface area is 213 Å². The first-order valence-corrected chi connectivity index (χ1v) is 12.3. The van der Waals surface area contributed by atoms with Crippen molar-refractivity contribution in [3.8, 4) is 5.88 Å². The van der Waals surface area contributed by atoms with E-state index in [0.717, 1.165) is 29.5 Å². The normalized spacial score (nSPS) is 19.8. The summed E-state index contributed by atoms with van der Waals surface area (Å²) in [5.74, 6) is -0.495. The highest BCUT2D eigenvalue weighted by Gasteiger charge is 2.39. The van der Waals surface area contributed by atoms with Gasteiger partial charge in [0.2, 0.25) is 17.7 Å². The number of alkyl carbamates (subject to hydrolysis) is 1. The van der Waals surface area contributed by atoms with Gasteiger partial charge in [-0.25, -0.2) is 9.78 Å². The molecular formula is C26H28N4O7. The number of piperidine rings is 1. The Hall–Kier alpha value is -3.99. The lowest BCUT2D eigenvalue weighted by molar-refractivity contribution is -0.136. The number of carbonyl (C=O) groups excluding carboxylic acids is 4. The van der Waals surface area contributed by atoms with Gasteiger partial charge in [0, 0.05) is 55.7 Å². The van der Waals surface area contributed by atoms with Gasteiger partial charge in [0.1, 0.15) is 18.8 Å². The van der Waals surface area contributed by atoms with E-state index >= 15 is 0 Å². The Morgan fingerprint density at radius 2 is 1.92 bits per heavy atom. The van der Waals surface area contributed by atoms with Crippen LogP contribution in [0.3, 0.4) is 0 Å². The lowest BCUT2D eigenvalue weighted by atomic mass is 10.0. The molecule has 3 aliphatic rings. The SMILES string of the molecule is O=C1CCC(N2Cc3ccc(CNC(=O)OCc4ccc(OC5CCOCC5)nc4)cc3C2=O)C(=O)N1. The number of aromatic nitrogens is 1. The van der Waals surface area contributed by atoms with Crippen molar-refractivity contribution in [3.05, 3.63) is 58.8 Å². The number of benzene rings is 1. The maximum absolute atomic E-state index is 12.9. The third-order valence-electron chi connectivity index (χ3n) is 6.65. The summed E-state index contributed by atoms with van der Waals surface area (Å²) in [5, 5.41) is 4.98. The first kappa shape index (κ1) is 24.7. The molecule has 4 amide bonds. The minimum Gasteiger partial charge on any atom is -0.474 e. The van der Waals surface area contributed by atoms with Gasteiger partial charge in [-0.2, -0.15) is 0 Å². The third-order valence-corrected chi connectivity index (χ3v) is 6.65. The Morgan fingerprint density at radius 1 is 1.11 bits per heavy atom. The Bertz CT molecular complexity index is 1190. The van der Waals surface area contributed by atoms with Crippen LogP contribution in [0, 0.1) is 0 Å². The van der Waals surface area contributed by atoms with Crippen molar-refractivity contribution in [2.24, 2.45) is 0 Å². The van der Waals surface area contributed by atoms with E-state index in [1.54, 1.807) is 24.4 Å². The molecule has 0 saturated carbocycles. The molecule has 2 aromatic rings. The molecule has 1 aromatic carbocycles. The van der Waals surface area contributed by atoms with Gasteiger partial charge in [0.15, 0.2) is 0 Å². The molecule has 37 heavy (non-hydrogen) atoms. The average molecular weight is 509 g/mol. The fraction of sp³-hybridized carbons (Fsp3) is 0.423. The number of ether oxygens (including phenoxy) is 3. The maximum Gasteiger partial charge on any atom is 0.407 e. The third kappa shape index (κ3) is 5.88. The van der Waals surface area contributed by atoms with E-state index in [9.17, 15) is 19.2 Å². The second kappa shape index (κ2) is 11.0. The van der Waals surface area contributed by atoms with E-state index in [0.29, 0.717) is 37.6 Å². The van der Waals surface area contributed by atoms with E-state index in [2.05, 4.69) is 15.6 Å². The molecule has 1 atom stereocenters. The van der Waals surface area contributed by atoms with Gasteiger partial charge in [-0.15, -0.1) is 0 Å². The topological polar surface area (TPSA) is 136 Å². The summed E-state index contributed by atoms with van der Waals surface area (Å²) >= 11 is 0. The zero-order chi connectivity index (χ0) is 25.8. The van der Waals surface area contributed by atoms with Gasteiger partial charge in [0.05, 0.1) is 13.2 Å². The highest BCUT2D eigenvalue weighted by Crippen LogP contribution is 2.28. The van der Waals surface area contributed by atoms with Gasteiger partial charge in [-0.3, -0.25) is 19.7 Å². The molecular weight excluding hydrogens is 480 g/mol. The summed E-state index contributed by atoms with van der Waals surface area (Å²) < 4.78 is 16.4. The van der Waals surface area contributed by atoms with Crippen LogP contribution in [0.5, 0.6) is 5.88 Å². The molecule has 1 aromatic heterocycles. The monoisotopic (exact) mass is 508 g/mol. The number of rotatable bonds is 7. The van der Waals surface area contributed by atoms with Crippen LogP contribution in [0.1, 0.15) is 52.7 Å². The van der Waals surface area contributed by atoms with Crippen molar-refractivity contribution in [1.82, 2.24) is 20.5 Å². The van der Waals surface area contributed by atoms with Crippen LogP contribution in [0.4, 0.5) is 4.79 Å². The Kier molecular flexibility index (Phi) is 7.31. The molecule has 3 aliphatic heterocycles. The van der Waals surface area contributed by atoms with Crippen molar-refractivity contribution in [2.75, 3.05) is 13.2 Å². The summed E-state index contributed by atoms with van der Waals surface area (Å²) in [4.78, 5) is 54.5. The number of hydrogen-bond acceptors (Lipinski definition) is 8. The minimum absolute atomic E-state index is 0.0555. The zero-order valence-corrected chi connectivity index (χ0v) is 20.2.